The van der Waals surface area contributed by atoms with Crippen molar-refractivity contribution in [2.75, 3.05) is 18.6 Å². The Morgan fingerprint density at radius 3 is 2.56 bits per heavy atom. The molecular formula is C12H17Cl2NO2S. The van der Waals surface area contributed by atoms with Crippen LogP contribution in [0.2, 0.25) is 10.0 Å². The van der Waals surface area contributed by atoms with E-state index in [-0.39, 0.29) is 11.8 Å². The number of halogens is 2. The molecule has 6 heteroatoms. The molecule has 0 fully saturated rings. The molecule has 0 amide bonds. The summed E-state index contributed by atoms with van der Waals surface area (Å²) in [7, 11) is -3.03. The first-order valence-electron chi connectivity index (χ1n) is 5.67. The molecule has 1 N–H and O–H groups in total. The fourth-order valence-corrected chi connectivity index (χ4v) is 3.17. The van der Waals surface area contributed by atoms with E-state index in [2.05, 4.69) is 5.32 Å². The molecule has 1 unspecified atom stereocenters. The van der Waals surface area contributed by atoms with Crippen molar-refractivity contribution in [3.8, 4) is 0 Å². The number of hydrogen-bond acceptors (Lipinski definition) is 3. The molecular weight excluding hydrogens is 293 g/mol. The van der Waals surface area contributed by atoms with Gasteiger partial charge in [0.05, 0.1) is 5.75 Å². The van der Waals surface area contributed by atoms with Crippen LogP contribution in [0.4, 0.5) is 0 Å². The number of hydrogen-bond donors (Lipinski definition) is 1. The van der Waals surface area contributed by atoms with E-state index in [0.717, 1.165) is 5.56 Å². The quantitative estimate of drug-likeness (QED) is 0.878. The van der Waals surface area contributed by atoms with Crippen LogP contribution in [0.1, 0.15) is 12.5 Å². The Hall–Kier alpha value is -0.290. The smallest absolute Gasteiger partial charge is 0.148 e. The summed E-state index contributed by atoms with van der Waals surface area (Å²) >= 11 is 12.0. The third-order valence-electron chi connectivity index (χ3n) is 2.47. The van der Waals surface area contributed by atoms with Gasteiger partial charge in [-0.1, -0.05) is 30.1 Å². The molecule has 18 heavy (non-hydrogen) atoms. The molecule has 1 atom stereocenters. The number of sulfone groups is 1. The lowest BCUT2D eigenvalue weighted by atomic mass is 10.1. The van der Waals surface area contributed by atoms with E-state index in [0.29, 0.717) is 23.0 Å². The molecule has 0 bridgehead atoms. The number of nitrogens with one attached hydrogen (secondary N) is 1. The average Bonchev–Trinajstić information content (AvgIpc) is 2.21. The van der Waals surface area contributed by atoms with Gasteiger partial charge in [-0.2, -0.15) is 0 Å². The lowest BCUT2D eigenvalue weighted by Crippen LogP contribution is -2.37. The maximum atomic E-state index is 11.4. The largest absolute Gasteiger partial charge is 0.313 e. The molecule has 1 rings (SSSR count). The van der Waals surface area contributed by atoms with Crippen LogP contribution >= 0.6 is 23.2 Å². The van der Waals surface area contributed by atoms with E-state index >= 15 is 0 Å². The van der Waals surface area contributed by atoms with Crippen molar-refractivity contribution in [3.63, 3.8) is 0 Å². The van der Waals surface area contributed by atoms with Crippen LogP contribution in [0.3, 0.4) is 0 Å². The highest BCUT2D eigenvalue weighted by Crippen LogP contribution is 2.22. The van der Waals surface area contributed by atoms with Crippen molar-refractivity contribution in [3.05, 3.63) is 33.8 Å². The Morgan fingerprint density at radius 2 is 2.00 bits per heavy atom. The summed E-state index contributed by atoms with van der Waals surface area (Å²) in [6.07, 6.45) is 1.78. The van der Waals surface area contributed by atoms with Gasteiger partial charge in [-0.15, -0.1) is 0 Å². The molecule has 0 aliphatic heterocycles. The zero-order chi connectivity index (χ0) is 13.8. The predicted molar refractivity (Wildman–Crippen MR) is 77.3 cm³/mol. The molecule has 0 saturated carbocycles. The molecule has 1 aromatic rings. The maximum Gasteiger partial charge on any atom is 0.148 e. The zero-order valence-electron chi connectivity index (χ0n) is 10.4. The van der Waals surface area contributed by atoms with Gasteiger partial charge in [-0.25, -0.2) is 8.42 Å². The van der Waals surface area contributed by atoms with Crippen molar-refractivity contribution < 1.29 is 8.42 Å². The normalized spacial score (nSPS) is 13.6. The summed E-state index contributed by atoms with van der Waals surface area (Å²) in [6.45, 7) is 2.65. The summed E-state index contributed by atoms with van der Waals surface area (Å²) in [5, 5.41) is 4.36. The van der Waals surface area contributed by atoms with Crippen molar-refractivity contribution in [1.29, 1.82) is 0 Å². The second-order valence-corrected chi connectivity index (χ2v) is 7.32. The summed E-state index contributed by atoms with van der Waals surface area (Å²) in [6, 6.07) is 5.06. The highest BCUT2D eigenvalue weighted by atomic mass is 35.5. The van der Waals surface area contributed by atoms with Gasteiger partial charge in [-0.05, 0) is 36.7 Å². The molecule has 3 nitrogen and oxygen atoms in total. The van der Waals surface area contributed by atoms with Gasteiger partial charge in [0, 0.05) is 22.3 Å². The number of rotatable bonds is 6. The predicted octanol–water partition coefficient (Wildman–Crippen LogP) is 2.56. The van der Waals surface area contributed by atoms with Gasteiger partial charge in [0.15, 0.2) is 0 Å². The van der Waals surface area contributed by atoms with Gasteiger partial charge in [0.2, 0.25) is 0 Å². The van der Waals surface area contributed by atoms with E-state index in [1.54, 1.807) is 18.2 Å². The molecule has 0 aromatic heterocycles. The van der Waals surface area contributed by atoms with Gasteiger partial charge < -0.3 is 5.32 Å². The minimum atomic E-state index is -3.03. The average molecular weight is 310 g/mol. The summed E-state index contributed by atoms with van der Waals surface area (Å²) in [5.74, 6) is 0.0870. The molecule has 0 aliphatic carbocycles. The maximum absolute atomic E-state index is 11.4. The van der Waals surface area contributed by atoms with Crippen LogP contribution in [0.25, 0.3) is 0 Å². The van der Waals surface area contributed by atoms with Crippen LogP contribution in [-0.2, 0) is 16.3 Å². The number of benzene rings is 1. The Morgan fingerprint density at radius 1 is 1.33 bits per heavy atom. The monoisotopic (exact) mass is 309 g/mol. The number of likely N-dealkylation sites (N-methyl/N-ethyl adjacent to an activating group) is 1. The standard InChI is InChI=1S/C12H17Cl2NO2S/c1-3-15-11(8-18(2,16)17)7-9-6-10(13)4-5-12(9)14/h4-6,11,15H,3,7-8H2,1-2H3. The minimum absolute atomic E-state index is 0.0870. The molecule has 0 radical (unpaired) electrons. The fourth-order valence-electron chi connectivity index (χ4n) is 1.81. The highest BCUT2D eigenvalue weighted by molar-refractivity contribution is 7.90. The van der Waals surface area contributed by atoms with Gasteiger partial charge in [0.25, 0.3) is 0 Å². The Kier molecular flexibility index (Phi) is 5.92. The summed E-state index contributed by atoms with van der Waals surface area (Å²) in [4.78, 5) is 0. The SMILES string of the molecule is CCNC(Cc1cc(Cl)ccc1Cl)CS(C)(=O)=O. The van der Waals surface area contributed by atoms with Gasteiger partial charge in [0.1, 0.15) is 9.84 Å². The van der Waals surface area contributed by atoms with E-state index in [1.165, 1.54) is 6.26 Å². The van der Waals surface area contributed by atoms with Crippen molar-refractivity contribution >= 4 is 33.0 Å². The minimum Gasteiger partial charge on any atom is -0.313 e. The first kappa shape index (κ1) is 15.8. The second-order valence-electron chi connectivity index (χ2n) is 4.29. The van der Waals surface area contributed by atoms with Gasteiger partial charge in [-0.3, -0.25) is 0 Å². The zero-order valence-corrected chi connectivity index (χ0v) is 12.7. The van der Waals surface area contributed by atoms with E-state index < -0.39 is 9.84 Å². The van der Waals surface area contributed by atoms with E-state index in [9.17, 15) is 8.42 Å². The Balaban J connectivity index is 2.85. The van der Waals surface area contributed by atoms with Crippen molar-refractivity contribution in [2.24, 2.45) is 0 Å². The summed E-state index contributed by atoms with van der Waals surface area (Å²) < 4.78 is 22.7. The third kappa shape index (κ3) is 5.57. The molecule has 102 valence electrons. The lowest BCUT2D eigenvalue weighted by molar-refractivity contribution is 0.545. The van der Waals surface area contributed by atoms with Crippen LogP contribution < -0.4 is 5.32 Å². The van der Waals surface area contributed by atoms with Crippen LogP contribution in [0.15, 0.2) is 18.2 Å². The molecule has 0 heterocycles. The van der Waals surface area contributed by atoms with Crippen LogP contribution in [-0.4, -0.2) is 33.0 Å². The highest BCUT2D eigenvalue weighted by Gasteiger charge is 2.16. The molecule has 0 aliphatic rings. The van der Waals surface area contributed by atoms with E-state index in [1.807, 2.05) is 6.92 Å². The van der Waals surface area contributed by atoms with Crippen molar-refractivity contribution in [2.45, 2.75) is 19.4 Å². The molecule has 0 spiro atoms. The Labute approximate surface area is 118 Å². The van der Waals surface area contributed by atoms with Crippen molar-refractivity contribution in [1.82, 2.24) is 5.32 Å². The second kappa shape index (κ2) is 6.75. The Bertz CT molecular complexity index is 503. The molecule has 1 aromatic carbocycles. The lowest BCUT2D eigenvalue weighted by Gasteiger charge is -2.17. The van der Waals surface area contributed by atoms with Crippen LogP contribution in [0, 0.1) is 0 Å². The topological polar surface area (TPSA) is 46.2 Å². The first-order valence-corrected chi connectivity index (χ1v) is 8.48. The summed E-state index contributed by atoms with van der Waals surface area (Å²) in [5.41, 5.74) is 0.860. The van der Waals surface area contributed by atoms with Crippen LogP contribution in [0.5, 0.6) is 0 Å². The fraction of sp³-hybridized carbons (Fsp3) is 0.500. The van der Waals surface area contributed by atoms with E-state index in [4.69, 9.17) is 23.2 Å². The third-order valence-corrected chi connectivity index (χ3v) is 4.08. The first-order chi connectivity index (χ1) is 8.31. The van der Waals surface area contributed by atoms with Gasteiger partial charge >= 0.3 is 0 Å². The molecule has 0 saturated heterocycles.